The third kappa shape index (κ3) is 7.98. The van der Waals surface area contributed by atoms with Gasteiger partial charge in [0.1, 0.15) is 6.33 Å². The highest BCUT2D eigenvalue weighted by molar-refractivity contribution is 6.04. The Labute approximate surface area is 272 Å². The van der Waals surface area contributed by atoms with Crippen molar-refractivity contribution in [2.75, 3.05) is 36.8 Å². The van der Waals surface area contributed by atoms with E-state index >= 15 is 0 Å². The highest BCUT2D eigenvalue weighted by atomic mass is 35.5. The molecule has 242 valence electrons. The van der Waals surface area contributed by atoms with Crippen LogP contribution in [0.25, 0.3) is 11.3 Å². The molecule has 2 saturated heterocycles. The van der Waals surface area contributed by atoms with Crippen molar-refractivity contribution in [2.24, 2.45) is 0 Å². The molecular formula is C33H36ClF3N8O. The molecule has 0 spiro atoms. The molecule has 1 amide bonds. The van der Waals surface area contributed by atoms with Gasteiger partial charge in [-0.05, 0) is 93.7 Å². The highest BCUT2D eigenvalue weighted by Crippen LogP contribution is 2.35. The zero-order chi connectivity index (χ0) is 31.4. The molecule has 46 heavy (non-hydrogen) atoms. The molecular weight excluding hydrogens is 617 g/mol. The number of hydrogen-bond acceptors (Lipinski definition) is 8. The van der Waals surface area contributed by atoms with E-state index in [2.05, 4.69) is 40.4 Å². The lowest BCUT2D eigenvalue weighted by molar-refractivity contribution is -0.138. The first-order valence-corrected chi connectivity index (χ1v) is 15.2. The Morgan fingerprint density at radius 2 is 1.78 bits per heavy atom. The third-order valence-electron chi connectivity index (χ3n) is 8.47. The number of nitrogens with zero attached hydrogens (tertiary/aromatic N) is 6. The molecule has 2 aromatic heterocycles. The molecule has 13 heteroatoms. The predicted molar refractivity (Wildman–Crippen MR) is 173 cm³/mol. The average Bonchev–Trinajstić information content (AvgIpc) is 3.71. The number of aromatic nitrogens is 4. The molecule has 2 aromatic carbocycles. The molecule has 0 radical (unpaired) electrons. The average molecular weight is 653 g/mol. The molecule has 2 fully saturated rings. The minimum absolute atomic E-state index is 0. The molecule has 6 rings (SSSR count). The van der Waals surface area contributed by atoms with Gasteiger partial charge < -0.3 is 15.5 Å². The number of nitrogens with one attached hydrogen (secondary N) is 2. The van der Waals surface area contributed by atoms with Crippen LogP contribution in [0.15, 0.2) is 67.4 Å². The van der Waals surface area contributed by atoms with Crippen molar-refractivity contribution in [3.8, 4) is 11.3 Å². The van der Waals surface area contributed by atoms with Gasteiger partial charge in [0.15, 0.2) is 0 Å². The highest BCUT2D eigenvalue weighted by Gasteiger charge is 2.36. The summed E-state index contributed by atoms with van der Waals surface area (Å²) in [5, 5.41) is 5.91. The van der Waals surface area contributed by atoms with E-state index in [-0.39, 0.29) is 36.1 Å². The number of aryl methyl sites for hydroxylation is 1. The second-order valence-corrected chi connectivity index (χ2v) is 11.6. The molecule has 1 atom stereocenters. The summed E-state index contributed by atoms with van der Waals surface area (Å²) in [5.74, 6) is -0.300. The number of carbonyl (C=O) groups is 1. The van der Waals surface area contributed by atoms with Gasteiger partial charge in [-0.1, -0.05) is 12.1 Å². The van der Waals surface area contributed by atoms with Crippen molar-refractivity contribution in [2.45, 2.75) is 51.4 Å². The Balaban J connectivity index is 0.00000417. The molecule has 0 unspecified atom stereocenters. The van der Waals surface area contributed by atoms with E-state index in [1.165, 1.54) is 31.3 Å². The minimum atomic E-state index is -4.59. The molecule has 0 saturated carbocycles. The molecule has 0 bridgehead atoms. The van der Waals surface area contributed by atoms with E-state index in [4.69, 9.17) is 0 Å². The van der Waals surface area contributed by atoms with Gasteiger partial charge in [0.2, 0.25) is 5.95 Å². The van der Waals surface area contributed by atoms with Crippen molar-refractivity contribution in [3.63, 3.8) is 0 Å². The molecule has 2 aliphatic rings. The fraction of sp³-hybridized carbons (Fsp3) is 0.364. The number of rotatable bonds is 9. The standard InChI is InChI=1S/C33H35F3N8O.ClH/c1-22-6-9-26(16-30(22)42-32-39-11-10-29(41-32)25-17-37-21-38-18-25)40-31(45)23-7-8-24(28(15-23)33(34,35)36)19-44-14-4-5-27(44)20-43-12-2-3-13-43;/h6-11,15-18,21,27H,2-5,12-14,19-20H2,1H3,(H,40,45)(H,39,41,42);1H/t27-;/m0./s1. The molecule has 4 aromatic rings. The van der Waals surface area contributed by atoms with E-state index in [1.807, 2.05) is 6.92 Å². The Morgan fingerprint density at radius 3 is 2.54 bits per heavy atom. The minimum Gasteiger partial charge on any atom is -0.324 e. The van der Waals surface area contributed by atoms with Crippen LogP contribution in [-0.4, -0.2) is 67.9 Å². The quantitative estimate of drug-likeness (QED) is 0.205. The molecule has 2 N–H and O–H groups in total. The van der Waals surface area contributed by atoms with E-state index in [0.717, 1.165) is 56.2 Å². The number of alkyl halides is 3. The van der Waals surface area contributed by atoms with Crippen LogP contribution in [0.4, 0.5) is 30.5 Å². The summed E-state index contributed by atoms with van der Waals surface area (Å²) in [4.78, 5) is 34.6. The maximum Gasteiger partial charge on any atom is 0.416 e. The largest absolute Gasteiger partial charge is 0.416 e. The number of likely N-dealkylation sites (tertiary alicyclic amines) is 2. The topological polar surface area (TPSA) is 99.2 Å². The second kappa shape index (κ2) is 14.5. The summed E-state index contributed by atoms with van der Waals surface area (Å²) >= 11 is 0. The molecule has 0 aliphatic carbocycles. The van der Waals surface area contributed by atoms with E-state index < -0.39 is 17.6 Å². The summed E-state index contributed by atoms with van der Waals surface area (Å²) in [6.07, 6.45) is 6.09. The predicted octanol–water partition coefficient (Wildman–Crippen LogP) is 6.74. The first kappa shape index (κ1) is 33.2. The molecule has 2 aliphatic heterocycles. The van der Waals surface area contributed by atoms with Crippen LogP contribution >= 0.6 is 12.4 Å². The summed E-state index contributed by atoms with van der Waals surface area (Å²) < 4.78 is 42.8. The Morgan fingerprint density at radius 1 is 1.00 bits per heavy atom. The van der Waals surface area contributed by atoms with Gasteiger partial charge in [0.25, 0.3) is 5.91 Å². The van der Waals surface area contributed by atoms with Crippen LogP contribution < -0.4 is 10.6 Å². The smallest absolute Gasteiger partial charge is 0.324 e. The number of carbonyl (C=O) groups excluding carboxylic acids is 1. The van der Waals surface area contributed by atoms with Crippen LogP contribution in [0.5, 0.6) is 0 Å². The lowest BCUT2D eigenvalue weighted by Crippen LogP contribution is -2.39. The van der Waals surface area contributed by atoms with E-state index in [0.29, 0.717) is 23.0 Å². The summed E-state index contributed by atoms with van der Waals surface area (Å²) in [6, 6.07) is 11.1. The van der Waals surface area contributed by atoms with Crippen LogP contribution in [0.1, 0.15) is 52.7 Å². The zero-order valence-corrected chi connectivity index (χ0v) is 26.2. The van der Waals surface area contributed by atoms with Crippen molar-refractivity contribution in [3.05, 3.63) is 89.6 Å². The zero-order valence-electron chi connectivity index (χ0n) is 25.4. The van der Waals surface area contributed by atoms with Gasteiger partial charge in [-0.25, -0.2) is 19.9 Å². The monoisotopic (exact) mass is 652 g/mol. The summed E-state index contributed by atoms with van der Waals surface area (Å²) in [6.45, 7) is 5.89. The van der Waals surface area contributed by atoms with Crippen molar-refractivity contribution >= 4 is 35.6 Å². The maximum absolute atomic E-state index is 14.3. The third-order valence-corrected chi connectivity index (χ3v) is 8.47. The van der Waals surface area contributed by atoms with Gasteiger partial charge in [-0.15, -0.1) is 12.4 Å². The number of anilines is 3. The number of hydrogen-bond donors (Lipinski definition) is 2. The summed E-state index contributed by atoms with van der Waals surface area (Å²) in [5.41, 5.74) is 2.64. The molecule has 9 nitrogen and oxygen atoms in total. The van der Waals surface area contributed by atoms with Crippen molar-refractivity contribution in [1.82, 2.24) is 29.7 Å². The lowest BCUT2D eigenvalue weighted by atomic mass is 10.0. The van der Waals surface area contributed by atoms with Crippen molar-refractivity contribution in [1.29, 1.82) is 0 Å². The number of amides is 1. The molecule has 4 heterocycles. The maximum atomic E-state index is 14.3. The lowest BCUT2D eigenvalue weighted by Gasteiger charge is -2.29. The SMILES string of the molecule is Cc1ccc(NC(=O)c2ccc(CN3CCC[C@H]3CN3CCCC3)c(C(F)(F)F)c2)cc1Nc1nccc(-c2cncnc2)n1.Cl. The van der Waals surface area contributed by atoms with E-state index in [9.17, 15) is 18.0 Å². The Hall–Kier alpha value is -4.13. The Kier molecular flexibility index (Phi) is 10.5. The van der Waals surface area contributed by atoms with Crippen LogP contribution in [0, 0.1) is 6.92 Å². The second-order valence-electron chi connectivity index (χ2n) is 11.6. The summed E-state index contributed by atoms with van der Waals surface area (Å²) in [7, 11) is 0. The van der Waals surface area contributed by atoms with Gasteiger partial charge in [0, 0.05) is 60.2 Å². The normalized spacial score (nSPS) is 17.1. The first-order valence-electron chi connectivity index (χ1n) is 15.2. The van der Waals surface area contributed by atoms with E-state index in [1.54, 1.807) is 42.9 Å². The van der Waals surface area contributed by atoms with Crippen LogP contribution in [0.3, 0.4) is 0 Å². The van der Waals surface area contributed by atoms with Crippen molar-refractivity contribution < 1.29 is 18.0 Å². The van der Waals surface area contributed by atoms with Crippen LogP contribution in [-0.2, 0) is 12.7 Å². The van der Waals surface area contributed by atoms with Gasteiger partial charge in [-0.3, -0.25) is 9.69 Å². The number of halogens is 4. The fourth-order valence-corrected chi connectivity index (χ4v) is 6.08. The number of benzene rings is 2. The van der Waals surface area contributed by atoms with Gasteiger partial charge in [0.05, 0.1) is 11.3 Å². The van der Waals surface area contributed by atoms with Gasteiger partial charge in [-0.2, -0.15) is 13.2 Å². The van der Waals surface area contributed by atoms with Gasteiger partial charge >= 0.3 is 6.18 Å². The Bertz CT molecular complexity index is 1650. The fourth-order valence-electron chi connectivity index (χ4n) is 6.08. The van der Waals surface area contributed by atoms with Crippen LogP contribution in [0.2, 0.25) is 0 Å². The first-order chi connectivity index (χ1) is 21.7.